The lowest BCUT2D eigenvalue weighted by Gasteiger charge is -2.18. The number of anilines is 1. The zero-order chi connectivity index (χ0) is 14.2. The van der Waals surface area contributed by atoms with E-state index in [1.165, 1.54) is 12.0 Å². The van der Waals surface area contributed by atoms with Gasteiger partial charge in [0, 0.05) is 19.0 Å². The first kappa shape index (κ1) is 13.9. The molecule has 1 aromatic carbocycles. The fourth-order valence-corrected chi connectivity index (χ4v) is 2.45. The van der Waals surface area contributed by atoms with Gasteiger partial charge in [-0.25, -0.2) is 8.78 Å². The van der Waals surface area contributed by atoms with Gasteiger partial charge in [-0.05, 0) is 22.0 Å². The molecule has 0 spiro atoms. The molecule has 1 aromatic rings. The van der Waals surface area contributed by atoms with Crippen LogP contribution >= 0.6 is 15.9 Å². The highest BCUT2D eigenvalue weighted by Gasteiger charge is 2.37. The van der Waals surface area contributed by atoms with Gasteiger partial charge in [-0.3, -0.25) is 9.59 Å². The van der Waals surface area contributed by atoms with E-state index in [4.69, 9.17) is 0 Å². The average molecular weight is 334 g/mol. The lowest BCUT2D eigenvalue weighted by molar-refractivity contribution is -0.145. The van der Waals surface area contributed by atoms with E-state index in [0.717, 1.165) is 6.07 Å². The van der Waals surface area contributed by atoms with Crippen LogP contribution in [0.2, 0.25) is 0 Å². The van der Waals surface area contributed by atoms with Crippen molar-refractivity contribution in [3.05, 3.63) is 28.2 Å². The van der Waals surface area contributed by atoms with Crippen molar-refractivity contribution >= 4 is 33.5 Å². The summed E-state index contributed by atoms with van der Waals surface area (Å²) in [4.78, 5) is 24.4. The molecular weight excluding hydrogens is 324 g/mol. The Morgan fingerprint density at radius 1 is 1.47 bits per heavy atom. The molecule has 1 heterocycles. The minimum atomic E-state index is -0.802. The number of esters is 1. The Morgan fingerprint density at radius 3 is 2.79 bits per heavy atom. The van der Waals surface area contributed by atoms with Gasteiger partial charge in [0.05, 0.1) is 23.2 Å². The lowest BCUT2D eigenvalue weighted by Crippen LogP contribution is -2.26. The van der Waals surface area contributed by atoms with E-state index in [1.54, 1.807) is 0 Å². The quantitative estimate of drug-likeness (QED) is 0.616. The average Bonchev–Trinajstić information content (AvgIpc) is 2.75. The van der Waals surface area contributed by atoms with Crippen LogP contribution in [0.5, 0.6) is 0 Å². The van der Waals surface area contributed by atoms with E-state index in [-0.39, 0.29) is 29.0 Å². The smallest absolute Gasteiger partial charge is 0.311 e. The zero-order valence-corrected chi connectivity index (χ0v) is 11.5. The van der Waals surface area contributed by atoms with Crippen LogP contribution in [0.25, 0.3) is 0 Å². The monoisotopic (exact) mass is 333 g/mol. The lowest BCUT2D eigenvalue weighted by atomic mass is 10.1. The maximum Gasteiger partial charge on any atom is 0.311 e. The molecule has 1 atom stereocenters. The number of hydrogen-bond donors (Lipinski definition) is 0. The van der Waals surface area contributed by atoms with Crippen molar-refractivity contribution in [1.29, 1.82) is 0 Å². The Kier molecular flexibility index (Phi) is 3.84. The van der Waals surface area contributed by atoms with Gasteiger partial charge in [0.1, 0.15) is 11.6 Å². The predicted octanol–water partition coefficient (Wildman–Crippen LogP) is 2.25. The molecule has 1 aliphatic heterocycles. The number of methoxy groups -OCH3 is 1. The van der Waals surface area contributed by atoms with Crippen LogP contribution in [-0.2, 0) is 14.3 Å². The number of benzene rings is 1. The molecule has 102 valence electrons. The molecule has 0 radical (unpaired) electrons. The maximum atomic E-state index is 13.4. The highest BCUT2D eigenvalue weighted by atomic mass is 79.9. The molecule has 0 N–H and O–H groups in total. The van der Waals surface area contributed by atoms with Gasteiger partial charge < -0.3 is 9.64 Å². The number of hydrogen-bond acceptors (Lipinski definition) is 3. The van der Waals surface area contributed by atoms with Crippen LogP contribution in [0.4, 0.5) is 14.5 Å². The van der Waals surface area contributed by atoms with E-state index in [2.05, 4.69) is 20.7 Å². The van der Waals surface area contributed by atoms with Crippen molar-refractivity contribution < 1.29 is 23.1 Å². The Bertz CT molecular complexity index is 550. The molecule has 0 saturated carbocycles. The molecule has 7 heteroatoms. The summed E-state index contributed by atoms with van der Waals surface area (Å²) >= 11 is 2.97. The van der Waals surface area contributed by atoms with Gasteiger partial charge in [0.25, 0.3) is 0 Å². The van der Waals surface area contributed by atoms with E-state index < -0.39 is 23.5 Å². The zero-order valence-electron chi connectivity index (χ0n) is 9.95. The second-order valence-electron chi connectivity index (χ2n) is 4.15. The molecule has 1 aliphatic rings. The third-order valence-corrected chi connectivity index (χ3v) is 3.71. The number of nitrogens with zero attached hydrogens (tertiary/aromatic N) is 1. The van der Waals surface area contributed by atoms with Crippen LogP contribution in [0.3, 0.4) is 0 Å². The predicted molar refractivity (Wildman–Crippen MR) is 66.5 cm³/mol. The molecular formula is C12H10BrF2NO3. The molecule has 4 nitrogen and oxygen atoms in total. The van der Waals surface area contributed by atoms with Crippen LogP contribution in [-0.4, -0.2) is 25.5 Å². The fraction of sp³-hybridized carbons (Fsp3) is 0.333. The van der Waals surface area contributed by atoms with E-state index >= 15 is 0 Å². The standard InChI is InChI=1S/C12H10BrF2NO3/c1-19-12(18)6-2-10(17)16(5-6)9-4-7(14)3-8(15)11(9)13/h3-4,6H,2,5H2,1H3. The molecule has 1 saturated heterocycles. The first-order valence-electron chi connectivity index (χ1n) is 5.46. The van der Waals surface area contributed by atoms with Gasteiger partial charge in [-0.15, -0.1) is 0 Å². The van der Waals surface area contributed by atoms with E-state index in [1.807, 2.05) is 0 Å². The van der Waals surface area contributed by atoms with Crippen molar-refractivity contribution in [3.63, 3.8) is 0 Å². The largest absolute Gasteiger partial charge is 0.469 e. The third kappa shape index (κ3) is 2.60. The summed E-state index contributed by atoms with van der Waals surface area (Å²) in [6.07, 6.45) is -0.0305. The highest BCUT2D eigenvalue weighted by Crippen LogP contribution is 2.34. The summed E-state index contributed by atoms with van der Waals surface area (Å²) in [5, 5.41) is 0. The van der Waals surface area contributed by atoms with Crippen LogP contribution in [0.15, 0.2) is 16.6 Å². The summed E-state index contributed by atoms with van der Waals surface area (Å²) in [6, 6.07) is 1.76. The van der Waals surface area contributed by atoms with E-state index in [9.17, 15) is 18.4 Å². The highest BCUT2D eigenvalue weighted by molar-refractivity contribution is 9.10. The van der Waals surface area contributed by atoms with Gasteiger partial charge in [-0.2, -0.15) is 0 Å². The minimum absolute atomic E-state index is 0.00670. The van der Waals surface area contributed by atoms with Crippen LogP contribution < -0.4 is 4.90 Å². The number of carbonyl (C=O) groups is 2. The normalized spacial score (nSPS) is 18.8. The van der Waals surface area contributed by atoms with Gasteiger partial charge in [0.15, 0.2) is 0 Å². The summed E-state index contributed by atoms with van der Waals surface area (Å²) in [5.41, 5.74) is 0.0777. The molecule has 2 rings (SSSR count). The van der Waals surface area contributed by atoms with Crippen molar-refractivity contribution in [3.8, 4) is 0 Å². The van der Waals surface area contributed by atoms with Gasteiger partial charge in [-0.1, -0.05) is 0 Å². The summed E-state index contributed by atoms with van der Waals surface area (Å²) in [7, 11) is 1.23. The number of ether oxygens (including phenoxy) is 1. The fourth-order valence-electron chi connectivity index (χ4n) is 2.00. The molecule has 0 bridgehead atoms. The third-order valence-electron chi connectivity index (χ3n) is 2.92. The molecule has 0 aliphatic carbocycles. The second-order valence-corrected chi connectivity index (χ2v) is 4.94. The number of rotatable bonds is 2. The molecule has 1 fully saturated rings. The number of carbonyl (C=O) groups excluding carboxylic acids is 2. The van der Waals surface area contributed by atoms with Crippen molar-refractivity contribution in [2.75, 3.05) is 18.6 Å². The maximum absolute atomic E-state index is 13.4. The molecule has 19 heavy (non-hydrogen) atoms. The number of amides is 1. The van der Waals surface area contributed by atoms with Gasteiger partial charge in [0.2, 0.25) is 5.91 Å². The summed E-state index contributed by atoms with van der Waals surface area (Å²) in [5.74, 6) is -3.09. The van der Waals surface area contributed by atoms with Crippen molar-refractivity contribution in [2.24, 2.45) is 5.92 Å². The Labute approximate surface area is 116 Å². The first-order chi connectivity index (χ1) is 8.93. The van der Waals surface area contributed by atoms with Crippen molar-refractivity contribution in [2.45, 2.75) is 6.42 Å². The Hall–Kier alpha value is -1.50. The first-order valence-corrected chi connectivity index (χ1v) is 6.26. The van der Waals surface area contributed by atoms with Crippen LogP contribution in [0, 0.1) is 17.6 Å². The minimum Gasteiger partial charge on any atom is -0.469 e. The molecule has 1 amide bonds. The Morgan fingerprint density at radius 2 is 2.16 bits per heavy atom. The topological polar surface area (TPSA) is 46.6 Å². The van der Waals surface area contributed by atoms with Gasteiger partial charge >= 0.3 is 5.97 Å². The molecule has 1 unspecified atom stereocenters. The summed E-state index contributed by atoms with van der Waals surface area (Å²) in [6.45, 7) is 0.0486. The second kappa shape index (κ2) is 5.24. The SMILES string of the molecule is COC(=O)C1CC(=O)N(c2cc(F)cc(F)c2Br)C1. The van der Waals surface area contributed by atoms with Crippen molar-refractivity contribution in [1.82, 2.24) is 0 Å². The molecule has 0 aromatic heterocycles. The Balaban J connectivity index is 2.33. The van der Waals surface area contributed by atoms with Crippen LogP contribution in [0.1, 0.15) is 6.42 Å². The van der Waals surface area contributed by atoms with E-state index in [0.29, 0.717) is 6.07 Å². The summed E-state index contributed by atoms with van der Waals surface area (Å²) < 4.78 is 31.2. The number of halogens is 3.